The van der Waals surface area contributed by atoms with Gasteiger partial charge in [-0.1, -0.05) is 24.3 Å². The van der Waals surface area contributed by atoms with Gasteiger partial charge in [-0.05, 0) is 23.8 Å². The molecule has 2 heterocycles. The maximum Gasteiger partial charge on any atom is 0.256 e. The second-order valence-corrected chi connectivity index (χ2v) is 6.65. The summed E-state index contributed by atoms with van der Waals surface area (Å²) < 4.78 is 0. The number of amides is 2. The van der Waals surface area contributed by atoms with Crippen molar-refractivity contribution in [1.82, 2.24) is 4.90 Å². The highest BCUT2D eigenvalue weighted by atomic mass is 32.2. The number of carbonyl (C=O) groups is 2. The molecule has 2 N–H and O–H groups in total. The molecular formula is C17H14N2O3S. The van der Waals surface area contributed by atoms with E-state index >= 15 is 0 Å². The summed E-state index contributed by atoms with van der Waals surface area (Å²) in [4.78, 5) is 26.8. The Morgan fingerprint density at radius 3 is 2.87 bits per heavy atom. The number of phenols is 1. The smallest absolute Gasteiger partial charge is 0.256 e. The summed E-state index contributed by atoms with van der Waals surface area (Å²) >= 11 is 1.60. The van der Waals surface area contributed by atoms with E-state index in [4.69, 9.17) is 0 Å². The molecule has 6 heteroatoms. The average molecular weight is 326 g/mol. The van der Waals surface area contributed by atoms with Crippen LogP contribution >= 0.6 is 11.8 Å². The van der Waals surface area contributed by atoms with E-state index in [-0.39, 0.29) is 22.9 Å². The lowest BCUT2D eigenvalue weighted by molar-refractivity contribution is -0.119. The van der Waals surface area contributed by atoms with Crippen LogP contribution in [0.5, 0.6) is 5.75 Å². The number of carbonyl (C=O) groups excluding carboxylic acids is 2. The van der Waals surface area contributed by atoms with E-state index in [0.717, 1.165) is 5.56 Å². The number of nitrogens with zero attached hydrogens (tertiary/aromatic N) is 1. The first-order valence-electron chi connectivity index (χ1n) is 7.28. The standard InChI is InChI=1S/C17H14N2O3S/c20-11-5-3-4-10(8-11)18-15(21)14-9-23-17-13-7-2-1-6-12(13)16(22)19(14)17/h1-8,14,17,20H,9H2,(H,18,21)/t14-,17+/m1/s1. The third kappa shape index (κ3) is 2.26. The summed E-state index contributed by atoms with van der Waals surface area (Å²) in [5.74, 6) is 0.333. The Bertz CT molecular complexity index is 808. The summed E-state index contributed by atoms with van der Waals surface area (Å²) in [5.41, 5.74) is 2.18. The summed E-state index contributed by atoms with van der Waals surface area (Å²) in [5, 5.41) is 12.2. The first-order valence-corrected chi connectivity index (χ1v) is 8.33. The number of hydrogen-bond donors (Lipinski definition) is 2. The second-order valence-electron chi connectivity index (χ2n) is 5.54. The quantitative estimate of drug-likeness (QED) is 0.890. The highest BCUT2D eigenvalue weighted by molar-refractivity contribution is 7.99. The van der Waals surface area contributed by atoms with Gasteiger partial charge < -0.3 is 15.3 Å². The molecule has 2 atom stereocenters. The van der Waals surface area contributed by atoms with E-state index in [0.29, 0.717) is 17.0 Å². The van der Waals surface area contributed by atoms with Crippen molar-refractivity contribution in [3.8, 4) is 5.75 Å². The minimum Gasteiger partial charge on any atom is -0.508 e. The minimum atomic E-state index is -0.507. The second kappa shape index (κ2) is 5.31. The molecule has 5 nitrogen and oxygen atoms in total. The zero-order valence-electron chi connectivity index (χ0n) is 12.1. The molecule has 1 fully saturated rings. The van der Waals surface area contributed by atoms with Gasteiger partial charge in [0.1, 0.15) is 17.2 Å². The van der Waals surface area contributed by atoms with Crippen molar-refractivity contribution in [2.45, 2.75) is 11.4 Å². The molecule has 0 bridgehead atoms. The van der Waals surface area contributed by atoms with Crippen LogP contribution in [0.3, 0.4) is 0 Å². The van der Waals surface area contributed by atoms with Gasteiger partial charge in [0.05, 0.1) is 0 Å². The third-order valence-corrected chi connectivity index (χ3v) is 5.41. The zero-order chi connectivity index (χ0) is 16.0. The fraction of sp³-hybridized carbons (Fsp3) is 0.176. The molecule has 116 valence electrons. The predicted octanol–water partition coefficient (Wildman–Crippen LogP) is 2.60. The van der Waals surface area contributed by atoms with E-state index < -0.39 is 6.04 Å². The number of phenolic OH excluding ortho intramolecular Hbond substituents is 1. The number of fused-ring (bicyclic) bond motifs is 3. The molecule has 2 aromatic rings. The maximum atomic E-state index is 12.6. The molecule has 23 heavy (non-hydrogen) atoms. The van der Waals surface area contributed by atoms with Gasteiger partial charge in [-0.15, -0.1) is 11.8 Å². The van der Waals surface area contributed by atoms with E-state index in [1.54, 1.807) is 34.9 Å². The summed E-state index contributed by atoms with van der Waals surface area (Å²) in [6.45, 7) is 0. The molecule has 0 spiro atoms. The van der Waals surface area contributed by atoms with Crippen LogP contribution in [0.15, 0.2) is 48.5 Å². The first kappa shape index (κ1) is 14.1. The molecule has 2 amide bonds. The van der Waals surface area contributed by atoms with Gasteiger partial charge in [0.2, 0.25) is 5.91 Å². The summed E-state index contributed by atoms with van der Waals surface area (Å²) in [7, 11) is 0. The van der Waals surface area contributed by atoms with Crippen molar-refractivity contribution in [3.05, 3.63) is 59.7 Å². The highest BCUT2D eigenvalue weighted by Crippen LogP contribution is 2.48. The van der Waals surface area contributed by atoms with Gasteiger partial charge in [0.25, 0.3) is 5.91 Å². The lowest BCUT2D eigenvalue weighted by atomic mass is 10.1. The number of benzene rings is 2. The van der Waals surface area contributed by atoms with Crippen LogP contribution in [0.2, 0.25) is 0 Å². The van der Waals surface area contributed by atoms with Crippen LogP contribution in [0, 0.1) is 0 Å². The van der Waals surface area contributed by atoms with Crippen molar-refractivity contribution in [2.24, 2.45) is 0 Å². The molecule has 2 aliphatic rings. The van der Waals surface area contributed by atoms with Crippen molar-refractivity contribution < 1.29 is 14.7 Å². The first-order chi connectivity index (χ1) is 11.1. The molecule has 4 rings (SSSR count). The Morgan fingerprint density at radius 1 is 1.22 bits per heavy atom. The Kier molecular flexibility index (Phi) is 3.27. The number of anilines is 1. The predicted molar refractivity (Wildman–Crippen MR) is 88.3 cm³/mol. The third-order valence-electron chi connectivity index (χ3n) is 4.11. The number of aromatic hydroxyl groups is 1. The molecule has 0 radical (unpaired) electrons. The Labute approximate surface area is 137 Å². The van der Waals surface area contributed by atoms with Gasteiger partial charge in [-0.3, -0.25) is 9.59 Å². The molecule has 0 saturated carbocycles. The Hall–Kier alpha value is -2.47. The van der Waals surface area contributed by atoms with Crippen molar-refractivity contribution in [2.75, 3.05) is 11.1 Å². The van der Waals surface area contributed by atoms with Crippen LogP contribution in [0.4, 0.5) is 5.69 Å². The van der Waals surface area contributed by atoms with Gasteiger partial charge in [0, 0.05) is 23.1 Å². The van der Waals surface area contributed by atoms with E-state index in [9.17, 15) is 14.7 Å². The fourth-order valence-electron chi connectivity index (χ4n) is 3.05. The fourth-order valence-corrected chi connectivity index (χ4v) is 4.52. The number of nitrogens with one attached hydrogen (secondary N) is 1. The van der Waals surface area contributed by atoms with Gasteiger partial charge >= 0.3 is 0 Å². The van der Waals surface area contributed by atoms with Crippen LogP contribution in [0.1, 0.15) is 21.3 Å². The summed E-state index contributed by atoms with van der Waals surface area (Å²) in [6.07, 6.45) is 0. The van der Waals surface area contributed by atoms with Crippen molar-refractivity contribution >= 4 is 29.3 Å². The molecule has 0 aliphatic carbocycles. The Balaban J connectivity index is 1.58. The molecule has 1 saturated heterocycles. The highest BCUT2D eigenvalue weighted by Gasteiger charge is 2.48. The molecule has 0 unspecified atom stereocenters. The number of thioether (sulfide) groups is 1. The molecule has 2 aromatic carbocycles. The van der Waals surface area contributed by atoms with E-state index in [2.05, 4.69) is 5.32 Å². The zero-order valence-corrected chi connectivity index (χ0v) is 12.9. The van der Waals surface area contributed by atoms with E-state index in [1.807, 2.05) is 18.2 Å². The average Bonchev–Trinajstić information content (AvgIpc) is 3.09. The van der Waals surface area contributed by atoms with Crippen LogP contribution in [-0.4, -0.2) is 33.6 Å². The van der Waals surface area contributed by atoms with Gasteiger partial charge in [0.15, 0.2) is 0 Å². The number of rotatable bonds is 2. The normalized spacial score (nSPS) is 21.9. The minimum absolute atomic E-state index is 0.0846. The molecular weight excluding hydrogens is 312 g/mol. The van der Waals surface area contributed by atoms with Gasteiger partial charge in [-0.25, -0.2) is 0 Å². The van der Waals surface area contributed by atoms with Gasteiger partial charge in [-0.2, -0.15) is 0 Å². The van der Waals surface area contributed by atoms with Crippen molar-refractivity contribution in [3.63, 3.8) is 0 Å². The SMILES string of the molecule is O=C(Nc1cccc(O)c1)[C@H]1CS[C@H]2c3ccccc3C(=O)N12. The lowest BCUT2D eigenvalue weighted by Crippen LogP contribution is -2.42. The summed E-state index contributed by atoms with van der Waals surface area (Å²) in [6, 6.07) is 13.4. The molecule has 2 aliphatic heterocycles. The van der Waals surface area contributed by atoms with Crippen molar-refractivity contribution in [1.29, 1.82) is 0 Å². The van der Waals surface area contributed by atoms with Crippen LogP contribution in [-0.2, 0) is 4.79 Å². The largest absolute Gasteiger partial charge is 0.508 e. The maximum absolute atomic E-state index is 12.6. The lowest BCUT2D eigenvalue weighted by Gasteiger charge is -2.22. The monoisotopic (exact) mass is 326 g/mol. The van der Waals surface area contributed by atoms with Crippen LogP contribution < -0.4 is 5.32 Å². The molecule has 0 aromatic heterocycles. The van der Waals surface area contributed by atoms with E-state index in [1.165, 1.54) is 12.1 Å². The number of hydrogen-bond acceptors (Lipinski definition) is 4. The topological polar surface area (TPSA) is 69.6 Å². The van der Waals surface area contributed by atoms with Crippen LogP contribution in [0.25, 0.3) is 0 Å². The Morgan fingerprint density at radius 2 is 2.04 bits per heavy atom.